The fraction of sp³-hybridized carbons (Fsp3) is 0.467. The Hall–Kier alpha value is -2.48. The standard InChI is InChI=1S/C15H21N7O/c1-21(2)15-19-13(18-14(16)20-15)10-22-7-5-12(9-22)23-11-4-3-6-17-8-11/h3-4,6,8,12H,5,7,9-10H2,1-2H3,(H2,16,18,19,20). The normalized spacial score (nSPS) is 18.1. The van der Waals surface area contributed by atoms with Crippen LogP contribution in [0.1, 0.15) is 12.2 Å². The van der Waals surface area contributed by atoms with Crippen molar-refractivity contribution in [3.63, 3.8) is 0 Å². The van der Waals surface area contributed by atoms with Gasteiger partial charge in [-0.3, -0.25) is 9.88 Å². The van der Waals surface area contributed by atoms with Crippen LogP contribution in [-0.2, 0) is 6.54 Å². The van der Waals surface area contributed by atoms with Crippen LogP contribution in [0.3, 0.4) is 0 Å². The summed E-state index contributed by atoms with van der Waals surface area (Å²) in [7, 11) is 3.76. The molecule has 0 saturated carbocycles. The van der Waals surface area contributed by atoms with E-state index < -0.39 is 0 Å². The zero-order valence-electron chi connectivity index (χ0n) is 13.4. The summed E-state index contributed by atoms with van der Waals surface area (Å²) in [5, 5.41) is 0. The van der Waals surface area contributed by atoms with E-state index in [-0.39, 0.29) is 12.1 Å². The van der Waals surface area contributed by atoms with Crippen LogP contribution in [-0.4, -0.2) is 58.1 Å². The minimum absolute atomic E-state index is 0.159. The Morgan fingerprint density at radius 1 is 1.35 bits per heavy atom. The highest BCUT2D eigenvalue weighted by Gasteiger charge is 2.25. The molecule has 23 heavy (non-hydrogen) atoms. The minimum Gasteiger partial charge on any atom is -0.487 e. The first-order chi connectivity index (χ1) is 11.1. The average Bonchev–Trinajstić information content (AvgIpc) is 2.94. The molecular formula is C15H21N7O. The van der Waals surface area contributed by atoms with Crippen LogP contribution >= 0.6 is 0 Å². The maximum Gasteiger partial charge on any atom is 0.229 e. The Kier molecular flexibility index (Phi) is 4.52. The number of hydrogen-bond acceptors (Lipinski definition) is 8. The van der Waals surface area contributed by atoms with E-state index in [1.807, 2.05) is 31.1 Å². The lowest BCUT2D eigenvalue weighted by atomic mass is 10.3. The molecule has 0 aliphatic carbocycles. The number of rotatable bonds is 5. The van der Waals surface area contributed by atoms with Crippen LogP contribution in [0.25, 0.3) is 0 Å². The Labute approximate surface area is 135 Å². The summed E-state index contributed by atoms with van der Waals surface area (Å²) >= 11 is 0. The predicted molar refractivity (Wildman–Crippen MR) is 87.1 cm³/mol. The molecule has 2 aromatic rings. The zero-order chi connectivity index (χ0) is 16.2. The van der Waals surface area contributed by atoms with Crippen LogP contribution in [0, 0.1) is 0 Å². The molecule has 0 aromatic carbocycles. The van der Waals surface area contributed by atoms with Crippen LogP contribution in [0.4, 0.5) is 11.9 Å². The van der Waals surface area contributed by atoms with Gasteiger partial charge in [0.1, 0.15) is 17.7 Å². The van der Waals surface area contributed by atoms with Crippen LogP contribution < -0.4 is 15.4 Å². The van der Waals surface area contributed by atoms with Gasteiger partial charge >= 0.3 is 0 Å². The molecule has 1 aliphatic heterocycles. The van der Waals surface area contributed by atoms with Gasteiger partial charge in [-0.05, 0) is 18.6 Å². The van der Waals surface area contributed by atoms with Gasteiger partial charge in [-0.1, -0.05) is 0 Å². The smallest absolute Gasteiger partial charge is 0.229 e. The van der Waals surface area contributed by atoms with Crippen molar-refractivity contribution >= 4 is 11.9 Å². The first-order valence-corrected chi connectivity index (χ1v) is 7.57. The molecule has 1 atom stereocenters. The fourth-order valence-corrected chi connectivity index (χ4v) is 2.54. The van der Waals surface area contributed by atoms with Gasteiger partial charge in [-0.25, -0.2) is 0 Å². The summed E-state index contributed by atoms with van der Waals surface area (Å²) in [5.41, 5.74) is 5.76. The van der Waals surface area contributed by atoms with Gasteiger partial charge in [0, 0.05) is 33.4 Å². The first kappa shape index (κ1) is 15.4. The van der Waals surface area contributed by atoms with E-state index in [2.05, 4.69) is 24.8 Å². The molecule has 1 aliphatic rings. The number of nitrogens with zero attached hydrogens (tertiary/aromatic N) is 6. The number of aromatic nitrogens is 4. The van der Waals surface area contributed by atoms with Gasteiger partial charge in [0.2, 0.25) is 11.9 Å². The Morgan fingerprint density at radius 3 is 2.96 bits per heavy atom. The number of nitrogen functional groups attached to an aromatic ring is 1. The summed E-state index contributed by atoms with van der Waals surface area (Å²) in [5.74, 6) is 2.32. The quantitative estimate of drug-likeness (QED) is 0.856. The Balaban J connectivity index is 1.60. The number of anilines is 2. The summed E-state index contributed by atoms with van der Waals surface area (Å²) in [4.78, 5) is 20.9. The van der Waals surface area contributed by atoms with Crippen molar-refractivity contribution in [2.24, 2.45) is 0 Å². The van der Waals surface area contributed by atoms with E-state index in [1.165, 1.54) is 0 Å². The molecular weight excluding hydrogens is 294 g/mol. The van der Waals surface area contributed by atoms with E-state index in [4.69, 9.17) is 10.5 Å². The summed E-state index contributed by atoms with van der Waals surface area (Å²) in [6.07, 6.45) is 4.60. The molecule has 8 nitrogen and oxygen atoms in total. The van der Waals surface area contributed by atoms with E-state index in [0.29, 0.717) is 18.3 Å². The zero-order valence-corrected chi connectivity index (χ0v) is 13.4. The van der Waals surface area contributed by atoms with Crippen molar-refractivity contribution in [1.82, 2.24) is 24.8 Å². The Morgan fingerprint density at radius 2 is 2.22 bits per heavy atom. The van der Waals surface area contributed by atoms with E-state index >= 15 is 0 Å². The largest absolute Gasteiger partial charge is 0.487 e. The number of nitrogens with two attached hydrogens (primary N) is 1. The van der Waals surface area contributed by atoms with Crippen molar-refractivity contribution in [2.75, 3.05) is 37.8 Å². The van der Waals surface area contributed by atoms with Gasteiger partial charge in [0.25, 0.3) is 0 Å². The molecule has 0 spiro atoms. The number of hydrogen-bond donors (Lipinski definition) is 1. The third kappa shape index (κ3) is 4.04. The highest BCUT2D eigenvalue weighted by atomic mass is 16.5. The average molecular weight is 315 g/mol. The Bertz CT molecular complexity index is 650. The number of ether oxygens (including phenoxy) is 1. The number of pyridine rings is 1. The lowest BCUT2D eigenvalue weighted by molar-refractivity contribution is 0.196. The van der Waals surface area contributed by atoms with E-state index in [0.717, 1.165) is 25.3 Å². The summed E-state index contributed by atoms with van der Waals surface area (Å²) < 4.78 is 5.94. The van der Waals surface area contributed by atoms with Gasteiger partial charge < -0.3 is 15.4 Å². The monoisotopic (exact) mass is 315 g/mol. The third-order valence-electron chi connectivity index (χ3n) is 3.62. The van der Waals surface area contributed by atoms with Crippen LogP contribution in [0.2, 0.25) is 0 Å². The molecule has 0 bridgehead atoms. The highest BCUT2D eigenvalue weighted by molar-refractivity contribution is 5.32. The molecule has 0 amide bonds. The van der Waals surface area contributed by atoms with Crippen LogP contribution in [0.15, 0.2) is 24.5 Å². The van der Waals surface area contributed by atoms with Crippen molar-refractivity contribution in [2.45, 2.75) is 19.1 Å². The maximum absolute atomic E-state index is 5.94. The molecule has 1 unspecified atom stereocenters. The molecule has 2 aromatic heterocycles. The second-order valence-electron chi connectivity index (χ2n) is 5.76. The van der Waals surface area contributed by atoms with E-state index in [1.54, 1.807) is 12.4 Å². The van der Waals surface area contributed by atoms with Gasteiger partial charge in [-0.15, -0.1) is 0 Å². The number of likely N-dealkylation sites (tertiary alicyclic amines) is 1. The molecule has 1 saturated heterocycles. The third-order valence-corrected chi connectivity index (χ3v) is 3.62. The molecule has 122 valence electrons. The second kappa shape index (κ2) is 6.74. The summed E-state index contributed by atoms with van der Waals surface area (Å²) in [6, 6.07) is 3.80. The molecule has 8 heteroatoms. The first-order valence-electron chi connectivity index (χ1n) is 7.57. The molecule has 3 rings (SSSR count). The summed E-state index contributed by atoms with van der Waals surface area (Å²) in [6.45, 7) is 2.41. The van der Waals surface area contributed by atoms with Crippen molar-refractivity contribution in [1.29, 1.82) is 0 Å². The highest BCUT2D eigenvalue weighted by Crippen LogP contribution is 2.18. The molecule has 2 N–H and O–H groups in total. The van der Waals surface area contributed by atoms with Crippen molar-refractivity contribution in [3.8, 4) is 5.75 Å². The van der Waals surface area contributed by atoms with Crippen molar-refractivity contribution < 1.29 is 4.74 Å². The second-order valence-corrected chi connectivity index (χ2v) is 5.76. The fourth-order valence-electron chi connectivity index (χ4n) is 2.54. The van der Waals surface area contributed by atoms with Crippen LogP contribution in [0.5, 0.6) is 5.75 Å². The lowest BCUT2D eigenvalue weighted by Gasteiger charge is -2.17. The van der Waals surface area contributed by atoms with Gasteiger partial charge in [0.15, 0.2) is 0 Å². The molecule has 3 heterocycles. The SMILES string of the molecule is CN(C)c1nc(N)nc(CN2CCC(Oc3cccnc3)C2)n1. The van der Waals surface area contributed by atoms with Gasteiger partial charge in [-0.2, -0.15) is 15.0 Å². The topological polar surface area (TPSA) is 93.3 Å². The predicted octanol–water partition coefficient (Wildman–Crippen LogP) is 0.568. The van der Waals surface area contributed by atoms with Crippen molar-refractivity contribution in [3.05, 3.63) is 30.4 Å². The minimum atomic E-state index is 0.159. The van der Waals surface area contributed by atoms with Gasteiger partial charge in [0.05, 0.1) is 12.7 Å². The van der Waals surface area contributed by atoms with E-state index in [9.17, 15) is 0 Å². The molecule has 0 radical (unpaired) electrons. The maximum atomic E-state index is 5.94. The molecule has 1 fully saturated rings. The lowest BCUT2D eigenvalue weighted by Crippen LogP contribution is -2.26.